The summed E-state index contributed by atoms with van der Waals surface area (Å²) in [6.07, 6.45) is 0. The van der Waals surface area contributed by atoms with E-state index in [4.69, 9.17) is 0 Å². The van der Waals surface area contributed by atoms with Crippen LogP contribution in [0, 0.1) is 0 Å². The van der Waals surface area contributed by atoms with Crippen LogP contribution in [0.2, 0.25) is 0 Å². The first-order valence-electron chi connectivity index (χ1n) is 28.2. The Morgan fingerprint density at radius 3 is 0.939 bits per heavy atom. The van der Waals surface area contributed by atoms with Gasteiger partial charge in [-0.3, -0.25) is 0 Å². The molecule has 0 saturated carbocycles. The lowest BCUT2D eigenvalue weighted by Gasteiger charge is -2.17. The Balaban J connectivity index is 0.963. The van der Waals surface area contributed by atoms with Crippen LogP contribution in [0.3, 0.4) is 0 Å². The molecule has 0 saturated heterocycles. The van der Waals surface area contributed by atoms with Crippen molar-refractivity contribution >= 4 is 139 Å². The van der Waals surface area contributed by atoms with Crippen LogP contribution in [0.1, 0.15) is 0 Å². The molecule has 378 valence electrons. The molecule has 19 aromatic rings. The zero-order valence-corrected chi connectivity index (χ0v) is 45.7. The third-order valence-corrected chi connectivity index (χ3v) is 20.4. The topological polar surface area (TPSA) is 8.82 Å². The predicted molar refractivity (Wildman–Crippen MR) is 354 cm³/mol. The maximum Gasteiger partial charge on any atom is 0.0635 e. The number of hydrogen-bond acceptors (Lipinski definition) is 2. The number of hydrogen-bond donors (Lipinski definition) is 0. The average Bonchev–Trinajstić information content (AvgIpc) is 2.28. The van der Waals surface area contributed by atoms with Gasteiger partial charge in [-0.1, -0.05) is 218 Å². The summed E-state index contributed by atoms with van der Waals surface area (Å²) in [6.45, 7) is 0. The molecule has 0 aliphatic rings. The standard InChI is InChI=1S/C78H44N2S2/c1-5-19-45(20-6-1)51-29-17-30-52(46-21-7-2-8-22-46)71(51)49-35-37-57-65(39-49)79-67-43-60-62-42-64-56-28-14-16-34-70(56)82-78(64)74-58-38-36-50(72-53(47-23-9-3-10-24-47)31-18-32-54(72)48-25-11-4-12-26-48)40-66(58)80(76(62)74)68(60)44-59(67)61-41-63-55-27-13-15-33-69(55)81-77(63)73(57)75(61)79/h1-44H. The fourth-order valence-electron chi connectivity index (χ4n) is 14.5. The molecule has 0 N–H and O–H groups in total. The highest BCUT2D eigenvalue weighted by atomic mass is 32.1. The molecule has 0 aliphatic carbocycles. The van der Waals surface area contributed by atoms with Gasteiger partial charge in [0.05, 0.1) is 33.1 Å². The van der Waals surface area contributed by atoms with Crippen LogP contribution >= 0.6 is 22.7 Å². The van der Waals surface area contributed by atoms with Crippen molar-refractivity contribution in [2.45, 2.75) is 0 Å². The summed E-state index contributed by atoms with van der Waals surface area (Å²) in [6, 6.07) is 100. The Hall–Kier alpha value is -10.1. The normalized spacial score (nSPS) is 12.4. The molecular weight excluding hydrogens is 1030 g/mol. The van der Waals surface area contributed by atoms with Crippen LogP contribution in [0.15, 0.2) is 267 Å². The lowest BCUT2D eigenvalue weighted by Crippen LogP contribution is -1.91. The van der Waals surface area contributed by atoms with E-state index in [2.05, 4.69) is 276 Å². The van der Waals surface area contributed by atoms with Gasteiger partial charge in [-0.25, -0.2) is 0 Å². The first-order chi connectivity index (χ1) is 40.7. The van der Waals surface area contributed by atoms with Crippen molar-refractivity contribution in [3.05, 3.63) is 267 Å². The highest BCUT2D eigenvalue weighted by Gasteiger charge is 2.28. The molecule has 2 nitrogen and oxygen atoms in total. The summed E-state index contributed by atoms with van der Waals surface area (Å²) in [5.41, 5.74) is 22.1. The van der Waals surface area contributed by atoms with Gasteiger partial charge >= 0.3 is 0 Å². The molecule has 0 atom stereocenters. The summed E-state index contributed by atoms with van der Waals surface area (Å²) in [4.78, 5) is 0. The van der Waals surface area contributed by atoms with Crippen molar-refractivity contribution in [1.29, 1.82) is 0 Å². The van der Waals surface area contributed by atoms with Crippen LogP contribution < -0.4 is 0 Å². The Morgan fingerprint density at radius 2 is 0.561 bits per heavy atom. The number of benzene rings is 13. The molecule has 6 heterocycles. The summed E-state index contributed by atoms with van der Waals surface area (Å²) < 4.78 is 10.6. The van der Waals surface area contributed by atoms with E-state index in [1.54, 1.807) is 0 Å². The quantitative estimate of drug-likeness (QED) is 0.157. The molecule has 0 unspecified atom stereocenters. The first-order valence-corrected chi connectivity index (χ1v) is 29.9. The van der Waals surface area contributed by atoms with Gasteiger partial charge in [-0.05, 0) is 115 Å². The SMILES string of the molecule is c1ccc(-c2cccc(-c3ccccc3)c2-c2ccc3c4c5sc6ccccc6c5cc5c6cc7c(cc6n(c3c2)c54)c2cc3c4ccccc4sc3c3c4ccc(-c5c(-c6ccccc6)cccc5-c5ccccc5)cc4n7c23)cc1. The largest absolute Gasteiger partial charge is 0.308 e. The van der Waals surface area contributed by atoms with Crippen LogP contribution in [0.5, 0.6) is 0 Å². The van der Waals surface area contributed by atoms with Gasteiger partial charge in [0.1, 0.15) is 0 Å². The fourth-order valence-corrected chi connectivity index (χ4v) is 17.0. The second kappa shape index (κ2) is 16.7. The average molecular weight is 1070 g/mol. The Morgan fingerprint density at radius 1 is 0.220 bits per heavy atom. The monoisotopic (exact) mass is 1070 g/mol. The van der Waals surface area contributed by atoms with Crippen molar-refractivity contribution in [2.75, 3.05) is 0 Å². The van der Waals surface area contributed by atoms with Gasteiger partial charge in [0.25, 0.3) is 0 Å². The highest BCUT2D eigenvalue weighted by Crippen LogP contribution is 2.53. The molecule has 4 heteroatoms. The predicted octanol–water partition coefficient (Wildman–Crippen LogP) is 22.7. The Labute approximate surface area is 478 Å². The number of fused-ring (bicyclic) bond motifs is 20. The van der Waals surface area contributed by atoms with Crippen LogP contribution in [-0.4, -0.2) is 8.80 Å². The molecule has 19 rings (SSSR count). The summed E-state index contributed by atoms with van der Waals surface area (Å²) >= 11 is 3.86. The van der Waals surface area contributed by atoms with Crippen molar-refractivity contribution in [3.63, 3.8) is 0 Å². The third-order valence-electron chi connectivity index (χ3n) is 18.0. The maximum absolute atomic E-state index is 2.64. The van der Waals surface area contributed by atoms with Crippen LogP contribution in [0.25, 0.3) is 183 Å². The van der Waals surface area contributed by atoms with Crippen molar-refractivity contribution in [2.24, 2.45) is 0 Å². The minimum atomic E-state index is 1.20. The van der Waals surface area contributed by atoms with Crippen LogP contribution in [-0.2, 0) is 0 Å². The molecule has 0 fully saturated rings. The van der Waals surface area contributed by atoms with Gasteiger partial charge < -0.3 is 8.80 Å². The number of nitrogens with zero attached hydrogens (tertiary/aromatic N) is 2. The van der Waals surface area contributed by atoms with Crippen molar-refractivity contribution < 1.29 is 0 Å². The van der Waals surface area contributed by atoms with Gasteiger partial charge in [-0.15, -0.1) is 22.7 Å². The van der Waals surface area contributed by atoms with Gasteiger partial charge in [0.15, 0.2) is 0 Å². The van der Waals surface area contributed by atoms with E-state index in [1.807, 2.05) is 22.7 Å². The second-order valence-electron chi connectivity index (χ2n) is 22.2. The van der Waals surface area contributed by atoms with E-state index in [1.165, 1.54) is 183 Å². The molecule has 6 aromatic heterocycles. The van der Waals surface area contributed by atoms with E-state index < -0.39 is 0 Å². The highest BCUT2D eigenvalue weighted by molar-refractivity contribution is 7.27. The Bertz CT molecular complexity index is 5370. The molecular formula is C78H44N2S2. The lowest BCUT2D eigenvalue weighted by atomic mass is 9.87. The molecule has 13 aromatic carbocycles. The minimum absolute atomic E-state index is 1.20. The van der Waals surface area contributed by atoms with Gasteiger partial charge in [0.2, 0.25) is 0 Å². The van der Waals surface area contributed by atoms with Gasteiger partial charge in [-0.2, -0.15) is 0 Å². The van der Waals surface area contributed by atoms with Crippen molar-refractivity contribution in [3.8, 4) is 66.8 Å². The third kappa shape index (κ3) is 6.07. The minimum Gasteiger partial charge on any atom is -0.308 e. The van der Waals surface area contributed by atoms with E-state index in [-0.39, 0.29) is 0 Å². The lowest BCUT2D eigenvalue weighted by molar-refractivity contribution is 1.36. The molecule has 0 aliphatic heterocycles. The molecule has 0 radical (unpaired) electrons. The van der Waals surface area contributed by atoms with Crippen LogP contribution in [0.4, 0.5) is 0 Å². The van der Waals surface area contributed by atoms with E-state index in [0.717, 1.165) is 0 Å². The van der Waals surface area contributed by atoms with Crippen molar-refractivity contribution in [1.82, 2.24) is 8.80 Å². The maximum atomic E-state index is 2.64. The second-order valence-corrected chi connectivity index (χ2v) is 24.3. The number of rotatable bonds is 6. The number of aromatic nitrogens is 2. The molecule has 0 bridgehead atoms. The molecule has 82 heavy (non-hydrogen) atoms. The molecule has 0 amide bonds. The summed E-state index contributed by atoms with van der Waals surface area (Å²) in [5.74, 6) is 0. The van der Waals surface area contributed by atoms with E-state index in [0.29, 0.717) is 0 Å². The smallest absolute Gasteiger partial charge is 0.0635 e. The van der Waals surface area contributed by atoms with E-state index >= 15 is 0 Å². The summed E-state index contributed by atoms with van der Waals surface area (Å²) in [7, 11) is 0. The number of thiophene rings is 2. The Kier molecular flexibility index (Phi) is 9.12. The zero-order valence-electron chi connectivity index (χ0n) is 44.1. The summed E-state index contributed by atoms with van der Waals surface area (Å²) in [5, 5.41) is 15.6. The zero-order chi connectivity index (χ0) is 53.3. The first kappa shape index (κ1) is 44.7. The van der Waals surface area contributed by atoms with Gasteiger partial charge in [0, 0.05) is 83.4 Å². The molecule has 0 spiro atoms. The van der Waals surface area contributed by atoms with E-state index in [9.17, 15) is 0 Å². The fraction of sp³-hybridized carbons (Fsp3) is 0.